The highest BCUT2D eigenvalue weighted by Gasteiger charge is 2.42. The van der Waals surface area contributed by atoms with Crippen LogP contribution in [0, 0.1) is 0 Å². The number of amides is 1. The molecule has 1 aliphatic heterocycles. The van der Waals surface area contributed by atoms with Gasteiger partial charge in [0.1, 0.15) is 26.2 Å². The number of carbonyl (C=O) groups is 1. The SMILES string of the molecule is B[C@@H]1O[C@H](CC)C(O)[C@@H]1OC(C)C(=O)NC. The van der Waals surface area contributed by atoms with Crippen molar-refractivity contribution in [2.45, 2.75) is 50.7 Å². The highest BCUT2D eigenvalue weighted by atomic mass is 16.6. The van der Waals surface area contributed by atoms with E-state index in [9.17, 15) is 9.90 Å². The minimum Gasteiger partial charge on any atom is -0.388 e. The van der Waals surface area contributed by atoms with Crippen LogP contribution in [0.4, 0.5) is 0 Å². The maximum Gasteiger partial charge on any atom is 0.248 e. The second-order valence-electron chi connectivity index (χ2n) is 4.14. The molecular formula is C10H20BNO4. The average molecular weight is 229 g/mol. The van der Waals surface area contributed by atoms with E-state index in [0.29, 0.717) is 0 Å². The van der Waals surface area contributed by atoms with Crippen LogP contribution in [0.5, 0.6) is 0 Å². The van der Waals surface area contributed by atoms with Crippen LogP contribution >= 0.6 is 0 Å². The number of nitrogens with one attached hydrogen (secondary N) is 1. The standard InChI is InChI=1S/C10H20BNO4/c1-4-6-7(13)8(9(11)16-6)15-5(2)10(14)12-3/h5-9,13H,4,11H2,1-3H3,(H,12,14)/t5?,6-,7?,8+,9-/m1/s1. The van der Waals surface area contributed by atoms with E-state index in [-0.39, 0.29) is 18.0 Å². The predicted octanol–water partition coefficient (Wildman–Crippen LogP) is -1.36. The molecule has 1 fully saturated rings. The quantitative estimate of drug-likeness (QED) is 0.584. The molecule has 1 saturated heterocycles. The monoisotopic (exact) mass is 229 g/mol. The lowest BCUT2D eigenvalue weighted by Crippen LogP contribution is -2.42. The maximum atomic E-state index is 11.3. The molecule has 2 N–H and O–H groups in total. The van der Waals surface area contributed by atoms with Gasteiger partial charge in [-0.05, 0) is 13.3 Å². The van der Waals surface area contributed by atoms with Gasteiger partial charge in [-0.25, -0.2) is 0 Å². The van der Waals surface area contributed by atoms with Crippen molar-refractivity contribution < 1.29 is 19.4 Å². The van der Waals surface area contributed by atoms with Crippen molar-refractivity contribution >= 4 is 13.8 Å². The van der Waals surface area contributed by atoms with Crippen molar-refractivity contribution in [3.05, 3.63) is 0 Å². The minimum absolute atomic E-state index is 0.188. The van der Waals surface area contributed by atoms with Crippen LogP contribution in [-0.4, -0.2) is 56.3 Å². The number of hydrogen-bond donors (Lipinski definition) is 2. The van der Waals surface area contributed by atoms with Gasteiger partial charge in [-0.3, -0.25) is 4.79 Å². The summed E-state index contributed by atoms with van der Waals surface area (Å²) in [6, 6.07) is -0.188. The number of carbonyl (C=O) groups excluding carboxylic acids is 1. The smallest absolute Gasteiger partial charge is 0.248 e. The van der Waals surface area contributed by atoms with E-state index in [2.05, 4.69) is 5.32 Å². The Morgan fingerprint density at radius 1 is 1.69 bits per heavy atom. The molecule has 0 radical (unpaired) electrons. The van der Waals surface area contributed by atoms with Gasteiger partial charge < -0.3 is 19.9 Å². The lowest BCUT2D eigenvalue weighted by molar-refractivity contribution is -0.138. The molecule has 1 rings (SSSR count). The number of hydrogen-bond acceptors (Lipinski definition) is 4. The summed E-state index contributed by atoms with van der Waals surface area (Å²) in [5, 5.41) is 12.4. The molecule has 92 valence electrons. The topological polar surface area (TPSA) is 67.8 Å². The Morgan fingerprint density at radius 3 is 2.75 bits per heavy atom. The van der Waals surface area contributed by atoms with Crippen molar-refractivity contribution in [1.29, 1.82) is 0 Å². The van der Waals surface area contributed by atoms with Gasteiger partial charge >= 0.3 is 0 Å². The van der Waals surface area contributed by atoms with Crippen LogP contribution in [-0.2, 0) is 14.3 Å². The maximum absolute atomic E-state index is 11.3. The molecule has 0 spiro atoms. The van der Waals surface area contributed by atoms with Gasteiger partial charge in [-0.1, -0.05) is 6.92 Å². The zero-order chi connectivity index (χ0) is 12.3. The van der Waals surface area contributed by atoms with Crippen molar-refractivity contribution in [2.75, 3.05) is 7.05 Å². The Kier molecular flexibility index (Phi) is 4.77. The summed E-state index contributed by atoms with van der Waals surface area (Å²) < 4.78 is 11.1. The molecule has 0 aromatic rings. The second kappa shape index (κ2) is 5.66. The number of ether oxygens (including phenoxy) is 2. The molecule has 1 amide bonds. The molecule has 6 heteroatoms. The molecule has 0 bridgehead atoms. The van der Waals surface area contributed by atoms with E-state index in [0.717, 1.165) is 6.42 Å². The van der Waals surface area contributed by atoms with Gasteiger partial charge in [0, 0.05) is 7.05 Å². The molecule has 0 aromatic heterocycles. The van der Waals surface area contributed by atoms with E-state index >= 15 is 0 Å². The fraction of sp³-hybridized carbons (Fsp3) is 0.900. The molecule has 0 saturated carbocycles. The normalized spacial score (nSPS) is 36.0. The summed E-state index contributed by atoms with van der Waals surface area (Å²) in [5.74, 6) is -0.195. The van der Waals surface area contributed by atoms with Gasteiger partial charge in [0.05, 0.1) is 12.1 Å². The zero-order valence-corrected chi connectivity index (χ0v) is 10.3. The fourth-order valence-corrected chi connectivity index (χ4v) is 1.95. The van der Waals surface area contributed by atoms with Gasteiger partial charge in [0.25, 0.3) is 0 Å². The Labute approximate surface area is 96.9 Å². The summed E-state index contributed by atoms with van der Waals surface area (Å²) in [4.78, 5) is 11.3. The minimum atomic E-state index is -0.660. The first kappa shape index (κ1) is 13.5. The molecule has 2 unspecified atom stereocenters. The van der Waals surface area contributed by atoms with E-state index in [1.165, 1.54) is 0 Å². The van der Waals surface area contributed by atoms with Crippen molar-refractivity contribution in [2.24, 2.45) is 0 Å². The molecule has 1 heterocycles. The van der Waals surface area contributed by atoms with Crippen LogP contribution in [0.3, 0.4) is 0 Å². The first-order valence-corrected chi connectivity index (χ1v) is 5.71. The molecule has 1 aliphatic rings. The van der Waals surface area contributed by atoms with Crippen LogP contribution in [0.15, 0.2) is 0 Å². The number of likely N-dealkylation sites (N-methyl/N-ethyl adjacent to an activating group) is 1. The zero-order valence-electron chi connectivity index (χ0n) is 10.3. The molecular weight excluding hydrogens is 209 g/mol. The summed E-state index contributed by atoms with van der Waals surface area (Å²) >= 11 is 0. The summed E-state index contributed by atoms with van der Waals surface area (Å²) in [6.07, 6.45) is -1.13. The molecule has 0 aromatic carbocycles. The predicted molar refractivity (Wildman–Crippen MR) is 61.9 cm³/mol. The highest BCUT2D eigenvalue weighted by Crippen LogP contribution is 2.25. The molecule has 16 heavy (non-hydrogen) atoms. The second-order valence-corrected chi connectivity index (χ2v) is 4.14. The Balaban J connectivity index is 2.57. The third kappa shape index (κ3) is 2.75. The van der Waals surface area contributed by atoms with Gasteiger partial charge in [-0.2, -0.15) is 0 Å². The highest BCUT2D eigenvalue weighted by molar-refractivity contribution is 6.11. The Hall–Kier alpha value is -0.585. The molecule has 5 atom stereocenters. The number of aliphatic hydroxyl groups is 1. The van der Waals surface area contributed by atoms with Crippen LogP contribution in [0.1, 0.15) is 20.3 Å². The molecule has 5 nitrogen and oxygen atoms in total. The van der Waals surface area contributed by atoms with E-state index in [1.54, 1.807) is 14.0 Å². The van der Waals surface area contributed by atoms with Gasteiger partial charge in [-0.15, -0.1) is 0 Å². The number of aliphatic hydroxyl groups excluding tert-OH is 1. The lowest BCUT2D eigenvalue weighted by Gasteiger charge is -2.22. The third-order valence-corrected chi connectivity index (χ3v) is 2.95. The first-order chi connectivity index (χ1) is 7.51. The summed E-state index contributed by atoms with van der Waals surface area (Å²) in [7, 11) is 3.40. The van der Waals surface area contributed by atoms with Crippen LogP contribution < -0.4 is 5.32 Å². The first-order valence-electron chi connectivity index (χ1n) is 5.71. The van der Waals surface area contributed by atoms with Crippen LogP contribution in [0.2, 0.25) is 0 Å². The molecule has 0 aliphatic carbocycles. The fourth-order valence-electron chi connectivity index (χ4n) is 1.95. The summed E-state index contributed by atoms with van der Waals surface area (Å²) in [6.45, 7) is 3.61. The van der Waals surface area contributed by atoms with Crippen molar-refractivity contribution in [1.82, 2.24) is 5.32 Å². The van der Waals surface area contributed by atoms with E-state index < -0.39 is 18.3 Å². The average Bonchev–Trinajstić information content (AvgIpc) is 2.55. The van der Waals surface area contributed by atoms with Crippen molar-refractivity contribution in [3.8, 4) is 0 Å². The largest absolute Gasteiger partial charge is 0.388 e. The van der Waals surface area contributed by atoms with Crippen LogP contribution in [0.25, 0.3) is 0 Å². The van der Waals surface area contributed by atoms with E-state index in [4.69, 9.17) is 9.47 Å². The van der Waals surface area contributed by atoms with Gasteiger partial charge in [0.15, 0.2) is 0 Å². The van der Waals surface area contributed by atoms with Crippen molar-refractivity contribution in [3.63, 3.8) is 0 Å². The third-order valence-electron chi connectivity index (χ3n) is 2.95. The summed E-state index contributed by atoms with van der Waals surface area (Å²) in [5.41, 5.74) is 0. The van der Waals surface area contributed by atoms with Gasteiger partial charge in [0.2, 0.25) is 5.91 Å². The number of rotatable bonds is 4. The Bertz CT molecular complexity index is 251. The lowest BCUT2D eigenvalue weighted by atomic mass is 9.92. The van der Waals surface area contributed by atoms with E-state index in [1.807, 2.05) is 14.8 Å². The Morgan fingerprint density at radius 2 is 2.31 bits per heavy atom.